The van der Waals surface area contributed by atoms with Crippen molar-refractivity contribution in [3.63, 3.8) is 0 Å². The minimum atomic E-state index is -0.564. The largest absolute Gasteiger partial charge is 0.492 e. The SMILES string of the molecule is COc1c2c(cc3c1OCO3)[C@@H](O)CN(Cc1ccccc1)C2. The summed E-state index contributed by atoms with van der Waals surface area (Å²) < 4.78 is 16.5. The van der Waals surface area contributed by atoms with Crippen LogP contribution in [0.3, 0.4) is 0 Å². The van der Waals surface area contributed by atoms with E-state index in [2.05, 4.69) is 17.0 Å². The molecule has 0 aliphatic carbocycles. The van der Waals surface area contributed by atoms with Crippen molar-refractivity contribution in [1.29, 1.82) is 0 Å². The molecule has 5 heteroatoms. The van der Waals surface area contributed by atoms with Crippen LogP contribution in [-0.4, -0.2) is 30.5 Å². The number of benzene rings is 2. The second-order valence-corrected chi connectivity index (χ2v) is 5.88. The summed E-state index contributed by atoms with van der Waals surface area (Å²) in [6, 6.07) is 12.1. The number of hydrogen-bond donors (Lipinski definition) is 1. The lowest BCUT2D eigenvalue weighted by atomic mass is 9.95. The lowest BCUT2D eigenvalue weighted by molar-refractivity contribution is 0.0866. The number of fused-ring (bicyclic) bond motifs is 2. The maximum atomic E-state index is 10.6. The minimum Gasteiger partial charge on any atom is -0.492 e. The Labute approximate surface area is 135 Å². The average Bonchev–Trinajstić information content (AvgIpc) is 3.02. The van der Waals surface area contributed by atoms with Crippen LogP contribution < -0.4 is 14.2 Å². The summed E-state index contributed by atoms with van der Waals surface area (Å²) in [7, 11) is 1.63. The van der Waals surface area contributed by atoms with Gasteiger partial charge in [0.2, 0.25) is 12.5 Å². The fourth-order valence-corrected chi connectivity index (χ4v) is 3.34. The molecule has 2 aromatic carbocycles. The number of methoxy groups -OCH3 is 1. The van der Waals surface area contributed by atoms with Crippen LogP contribution in [0, 0.1) is 0 Å². The van der Waals surface area contributed by atoms with Crippen molar-refractivity contribution in [2.75, 3.05) is 20.4 Å². The molecule has 0 amide bonds. The van der Waals surface area contributed by atoms with Crippen LogP contribution in [0.4, 0.5) is 0 Å². The summed E-state index contributed by atoms with van der Waals surface area (Å²) in [5.74, 6) is 1.96. The molecule has 0 saturated carbocycles. The van der Waals surface area contributed by atoms with E-state index in [0.29, 0.717) is 30.3 Å². The van der Waals surface area contributed by atoms with Crippen LogP contribution >= 0.6 is 0 Å². The molecule has 1 N–H and O–H groups in total. The smallest absolute Gasteiger partial charge is 0.231 e. The molecule has 0 radical (unpaired) electrons. The summed E-state index contributed by atoms with van der Waals surface area (Å²) >= 11 is 0. The van der Waals surface area contributed by atoms with Gasteiger partial charge in [0, 0.05) is 25.2 Å². The fourth-order valence-electron chi connectivity index (χ4n) is 3.34. The highest BCUT2D eigenvalue weighted by Gasteiger charge is 2.32. The highest BCUT2D eigenvalue weighted by Crippen LogP contribution is 2.48. The van der Waals surface area contributed by atoms with Crippen molar-refractivity contribution in [2.24, 2.45) is 0 Å². The van der Waals surface area contributed by atoms with E-state index in [0.717, 1.165) is 17.7 Å². The maximum absolute atomic E-state index is 10.6. The van der Waals surface area contributed by atoms with Crippen molar-refractivity contribution in [3.8, 4) is 17.2 Å². The molecule has 2 aromatic rings. The Balaban J connectivity index is 1.68. The van der Waals surface area contributed by atoms with Crippen molar-refractivity contribution in [1.82, 2.24) is 4.90 Å². The first-order valence-corrected chi connectivity index (χ1v) is 7.70. The van der Waals surface area contributed by atoms with Crippen molar-refractivity contribution in [3.05, 3.63) is 53.1 Å². The van der Waals surface area contributed by atoms with Crippen LogP contribution in [-0.2, 0) is 13.1 Å². The standard InChI is InChI=1S/C18H19NO4/c1-21-17-14-9-19(8-12-5-3-2-4-6-12)10-15(20)13(14)7-16-18(17)23-11-22-16/h2-7,15,20H,8-11H2,1H3/t15-/m0/s1. The topological polar surface area (TPSA) is 51.2 Å². The van der Waals surface area contributed by atoms with Gasteiger partial charge in [-0.2, -0.15) is 0 Å². The second-order valence-electron chi connectivity index (χ2n) is 5.88. The summed E-state index contributed by atoms with van der Waals surface area (Å²) in [6.45, 7) is 2.28. The van der Waals surface area contributed by atoms with E-state index >= 15 is 0 Å². The Morgan fingerprint density at radius 1 is 1.26 bits per heavy atom. The summed E-state index contributed by atoms with van der Waals surface area (Å²) in [4.78, 5) is 2.22. The van der Waals surface area contributed by atoms with E-state index in [1.165, 1.54) is 5.56 Å². The van der Waals surface area contributed by atoms with Gasteiger partial charge in [0.05, 0.1) is 13.2 Å². The molecule has 1 atom stereocenters. The monoisotopic (exact) mass is 313 g/mol. The third-order valence-electron chi connectivity index (χ3n) is 4.38. The third kappa shape index (κ3) is 2.52. The van der Waals surface area contributed by atoms with Crippen LogP contribution in [0.2, 0.25) is 0 Å². The molecule has 120 valence electrons. The average molecular weight is 313 g/mol. The molecule has 5 nitrogen and oxygen atoms in total. The van der Waals surface area contributed by atoms with E-state index in [4.69, 9.17) is 14.2 Å². The van der Waals surface area contributed by atoms with Crippen molar-refractivity contribution < 1.29 is 19.3 Å². The molecule has 2 aliphatic rings. The highest BCUT2D eigenvalue weighted by atomic mass is 16.7. The Hall–Kier alpha value is -2.24. The molecular weight excluding hydrogens is 294 g/mol. The molecule has 0 aromatic heterocycles. The molecule has 2 heterocycles. The number of aliphatic hydroxyl groups excluding tert-OH is 1. The van der Waals surface area contributed by atoms with Crippen LogP contribution in [0.25, 0.3) is 0 Å². The molecule has 0 unspecified atom stereocenters. The highest BCUT2D eigenvalue weighted by molar-refractivity contribution is 5.61. The van der Waals surface area contributed by atoms with Crippen LogP contribution in [0.15, 0.2) is 36.4 Å². The lowest BCUT2D eigenvalue weighted by Crippen LogP contribution is -2.33. The van der Waals surface area contributed by atoms with Gasteiger partial charge in [-0.3, -0.25) is 4.90 Å². The van der Waals surface area contributed by atoms with Gasteiger partial charge in [-0.15, -0.1) is 0 Å². The van der Waals surface area contributed by atoms with E-state index in [1.807, 2.05) is 24.3 Å². The summed E-state index contributed by atoms with van der Waals surface area (Å²) in [5, 5.41) is 10.6. The molecular formula is C18H19NO4. The van der Waals surface area contributed by atoms with Gasteiger partial charge in [0.1, 0.15) is 0 Å². The van der Waals surface area contributed by atoms with Gasteiger partial charge < -0.3 is 19.3 Å². The van der Waals surface area contributed by atoms with Gasteiger partial charge in [-0.1, -0.05) is 30.3 Å². The fraction of sp³-hybridized carbons (Fsp3) is 0.333. The second kappa shape index (κ2) is 5.76. The van der Waals surface area contributed by atoms with Gasteiger partial charge in [0.15, 0.2) is 11.5 Å². The zero-order valence-corrected chi connectivity index (χ0v) is 13.0. The maximum Gasteiger partial charge on any atom is 0.231 e. The first-order valence-electron chi connectivity index (χ1n) is 7.70. The van der Waals surface area contributed by atoms with Crippen LogP contribution in [0.1, 0.15) is 22.8 Å². The van der Waals surface area contributed by atoms with Gasteiger partial charge in [-0.25, -0.2) is 0 Å². The van der Waals surface area contributed by atoms with Crippen LogP contribution in [0.5, 0.6) is 17.2 Å². The predicted octanol–water partition coefficient (Wildman–Crippen LogP) is 2.47. The summed E-state index contributed by atoms with van der Waals surface area (Å²) in [6.07, 6.45) is -0.564. The molecule has 0 fully saturated rings. The van der Waals surface area contributed by atoms with Crippen molar-refractivity contribution in [2.45, 2.75) is 19.2 Å². The number of rotatable bonds is 3. The Morgan fingerprint density at radius 3 is 2.87 bits per heavy atom. The number of ether oxygens (including phenoxy) is 3. The van der Waals surface area contributed by atoms with Gasteiger partial charge in [-0.05, 0) is 17.2 Å². The zero-order chi connectivity index (χ0) is 15.8. The zero-order valence-electron chi connectivity index (χ0n) is 13.0. The Kier molecular flexibility index (Phi) is 3.59. The van der Waals surface area contributed by atoms with Crippen molar-refractivity contribution >= 4 is 0 Å². The number of β-amino-alcohol motifs (C(OH)–C–C–N with tert-alkyl or cyclic N) is 1. The minimum absolute atomic E-state index is 0.193. The molecule has 2 aliphatic heterocycles. The lowest BCUT2D eigenvalue weighted by Gasteiger charge is -2.33. The Bertz CT molecular complexity index is 717. The number of nitrogens with zero attached hydrogens (tertiary/aromatic N) is 1. The summed E-state index contributed by atoms with van der Waals surface area (Å²) in [5.41, 5.74) is 3.07. The van der Waals surface area contributed by atoms with E-state index in [-0.39, 0.29) is 6.79 Å². The molecule has 0 bridgehead atoms. The molecule has 0 spiro atoms. The molecule has 23 heavy (non-hydrogen) atoms. The van der Waals surface area contributed by atoms with Gasteiger partial charge >= 0.3 is 0 Å². The predicted molar refractivity (Wildman–Crippen MR) is 84.6 cm³/mol. The third-order valence-corrected chi connectivity index (χ3v) is 4.38. The molecule has 0 saturated heterocycles. The first-order chi connectivity index (χ1) is 11.3. The Morgan fingerprint density at radius 2 is 2.09 bits per heavy atom. The van der Waals surface area contributed by atoms with E-state index in [9.17, 15) is 5.11 Å². The molecule has 4 rings (SSSR count). The normalized spacial score (nSPS) is 19.5. The number of hydrogen-bond acceptors (Lipinski definition) is 5. The quantitative estimate of drug-likeness (QED) is 0.943. The van der Waals surface area contributed by atoms with E-state index < -0.39 is 6.10 Å². The first kappa shape index (κ1) is 14.4. The van der Waals surface area contributed by atoms with E-state index in [1.54, 1.807) is 7.11 Å². The number of aliphatic hydroxyl groups is 1. The van der Waals surface area contributed by atoms with Gasteiger partial charge in [0.25, 0.3) is 0 Å².